The van der Waals surface area contributed by atoms with E-state index in [1.54, 1.807) is 6.07 Å². The van der Waals surface area contributed by atoms with Crippen LogP contribution in [0.4, 0.5) is 10.2 Å². The Kier molecular flexibility index (Phi) is 4.75. The number of halogens is 1. The summed E-state index contributed by atoms with van der Waals surface area (Å²) in [5.74, 6) is 1.35. The van der Waals surface area contributed by atoms with Gasteiger partial charge in [0, 0.05) is 24.7 Å². The van der Waals surface area contributed by atoms with Gasteiger partial charge < -0.3 is 10.2 Å². The van der Waals surface area contributed by atoms with Gasteiger partial charge in [-0.05, 0) is 38.3 Å². The highest BCUT2D eigenvalue weighted by Crippen LogP contribution is 2.29. The van der Waals surface area contributed by atoms with E-state index in [4.69, 9.17) is 0 Å². The first-order chi connectivity index (χ1) is 9.13. The molecule has 106 valence electrons. The van der Waals surface area contributed by atoms with Crippen LogP contribution in [0, 0.1) is 11.7 Å². The number of rotatable bonds is 4. The Balaban J connectivity index is 2.26. The number of piperidine rings is 1. The monoisotopic (exact) mass is 265 g/mol. The zero-order valence-electron chi connectivity index (χ0n) is 12.1. The van der Waals surface area contributed by atoms with Crippen LogP contribution in [0.1, 0.15) is 39.2 Å². The second kappa shape index (κ2) is 6.33. The van der Waals surface area contributed by atoms with E-state index in [1.807, 2.05) is 0 Å². The maximum absolute atomic E-state index is 13.4. The molecule has 0 saturated carbocycles. The van der Waals surface area contributed by atoms with Gasteiger partial charge in [-0.25, -0.2) is 9.37 Å². The Morgan fingerprint density at radius 1 is 1.47 bits per heavy atom. The molecule has 1 aliphatic heterocycles. The summed E-state index contributed by atoms with van der Waals surface area (Å²) in [5.41, 5.74) is 0.961. The van der Waals surface area contributed by atoms with E-state index in [0.717, 1.165) is 24.5 Å². The number of hydrogen-bond donors (Lipinski definition) is 1. The Labute approximate surface area is 115 Å². The molecular formula is C15H24FN3. The summed E-state index contributed by atoms with van der Waals surface area (Å²) in [6.07, 6.45) is 3.78. The van der Waals surface area contributed by atoms with Crippen molar-refractivity contribution < 1.29 is 4.39 Å². The molecule has 1 saturated heterocycles. The predicted molar refractivity (Wildman–Crippen MR) is 76.8 cm³/mol. The SMILES string of the molecule is CCNCc1cc(F)cnc1N1CCCC(C)C1C. The second-order valence-corrected chi connectivity index (χ2v) is 5.47. The third kappa shape index (κ3) is 3.24. The summed E-state index contributed by atoms with van der Waals surface area (Å²) in [6, 6.07) is 2.07. The first-order valence-electron chi connectivity index (χ1n) is 7.25. The van der Waals surface area contributed by atoms with Gasteiger partial charge in [0.1, 0.15) is 11.6 Å². The van der Waals surface area contributed by atoms with E-state index in [2.05, 4.69) is 36.0 Å². The summed E-state index contributed by atoms with van der Waals surface area (Å²) in [4.78, 5) is 6.68. The summed E-state index contributed by atoms with van der Waals surface area (Å²) in [7, 11) is 0. The van der Waals surface area contributed by atoms with Crippen molar-refractivity contribution in [2.45, 2.75) is 46.2 Å². The molecule has 19 heavy (non-hydrogen) atoms. The van der Waals surface area contributed by atoms with Crippen molar-refractivity contribution in [3.05, 3.63) is 23.6 Å². The molecule has 0 amide bonds. The van der Waals surface area contributed by atoms with Crippen LogP contribution in [0.5, 0.6) is 0 Å². The molecule has 0 spiro atoms. The van der Waals surface area contributed by atoms with Crippen LogP contribution >= 0.6 is 0 Å². The van der Waals surface area contributed by atoms with Crippen LogP contribution < -0.4 is 10.2 Å². The third-order valence-electron chi connectivity index (χ3n) is 4.12. The van der Waals surface area contributed by atoms with Crippen molar-refractivity contribution in [1.82, 2.24) is 10.3 Å². The summed E-state index contributed by atoms with van der Waals surface area (Å²) < 4.78 is 13.4. The molecule has 0 aromatic carbocycles. The average Bonchev–Trinajstić information content (AvgIpc) is 2.40. The van der Waals surface area contributed by atoms with Crippen LogP contribution in [0.2, 0.25) is 0 Å². The fourth-order valence-corrected chi connectivity index (χ4v) is 2.76. The molecule has 1 N–H and O–H groups in total. The highest BCUT2D eigenvalue weighted by atomic mass is 19.1. The minimum Gasteiger partial charge on any atom is -0.353 e. The highest BCUT2D eigenvalue weighted by molar-refractivity contribution is 5.48. The van der Waals surface area contributed by atoms with E-state index in [0.29, 0.717) is 18.5 Å². The molecule has 1 fully saturated rings. The Hall–Kier alpha value is -1.16. The zero-order valence-corrected chi connectivity index (χ0v) is 12.1. The molecule has 0 radical (unpaired) electrons. The minimum atomic E-state index is -0.255. The molecule has 2 rings (SSSR count). The van der Waals surface area contributed by atoms with Crippen molar-refractivity contribution in [2.24, 2.45) is 5.92 Å². The second-order valence-electron chi connectivity index (χ2n) is 5.47. The lowest BCUT2D eigenvalue weighted by atomic mass is 9.92. The maximum atomic E-state index is 13.4. The number of nitrogens with one attached hydrogen (secondary N) is 1. The normalized spacial score (nSPS) is 23.7. The quantitative estimate of drug-likeness (QED) is 0.907. The lowest BCUT2D eigenvalue weighted by Gasteiger charge is -2.39. The van der Waals surface area contributed by atoms with Gasteiger partial charge in [0.25, 0.3) is 0 Å². The van der Waals surface area contributed by atoms with Crippen LogP contribution in [0.3, 0.4) is 0 Å². The fourth-order valence-electron chi connectivity index (χ4n) is 2.76. The Morgan fingerprint density at radius 2 is 2.26 bits per heavy atom. The van der Waals surface area contributed by atoms with Gasteiger partial charge in [0.15, 0.2) is 0 Å². The fraction of sp³-hybridized carbons (Fsp3) is 0.667. The van der Waals surface area contributed by atoms with Crippen LogP contribution in [0.15, 0.2) is 12.3 Å². The van der Waals surface area contributed by atoms with Crippen molar-refractivity contribution >= 4 is 5.82 Å². The molecule has 0 bridgehead atoms. The number of anilines is 1. The van der Waals surface area contributed by atoms with Gasteiger partial charge >= 0.3 is 0 Å². The molecule has 2 atom stereocenters. The summed E-state index contributed by atoms with van der Waals surface area (Å²) in [6.45, 7) is 9.15. The number of nitrogens with zero attached hydrogens (tertiary/aromatic N) is 2. The van der Waals surface area contributed by atoms with Crippen molar-refractivity contribution in [3.63, 3.8) is 0 Å². The molecule has 1 aromatic rings. The predicted octanol–water partition coefficient (Wildman–Crippen LogP) is 2.96. The first-order valence-corrected chi connectivity index (χ1v) is 7.25. The molecule has 2 unspecified atom stereocenters. The van der Waals surface area contributed by atoms with Gasteiger partial charge in [-0.15, -0.1) is 0 Å². The number of pyridine rings is 1. The highest BCUT2D eigenvalue weighted by Gasteiger charge is 2.27. The van der Waals surface area contributed by atoms with E-state index >= 15 is 0 Å². The van der Waals surface area contributed by atoms with Crippen molar-refractivity contribution in [2.75, 3.05) is 18.0 Å². The van der Waals surface area contributed by atoms with Crippen LogP contribution in [-0.2, 0) is 6.54 Å². The van der Waals surface area contributed by atoms with Gasteiger partial charge in [-0.3, -0.25) is 0 Å². The lowest BCUT2D eigenvalue weighted by molar-refractivity contribution is 0.360. The molecule has 1 aromatic heterocycles. The van der Waals surface area contributed by atoms with Gasteiger partial charge in [0.2, 0.25) is 0 Å². The molecule has 2 heterocycles. The van der Waals surface area contributed by atoms with E-state index in [9.17, 15) is 4.39 Å². The Bertz CT molecular complexity index is 422. The smallest absolute Gasteiger partial charge is 0.141 e. The zero-order chi connectivity index (χ0) is 13.8. The van der Waals surface area contributed by atoms with E-state index in [-0.39, 0.29) is 5.82 Å². The third-order valence-corrected chi connectivity index (χ3v) is 4.12. The molecular weight excluding hydrogens is 241 g/mol. The van der Waals surface area contributed by atoms with Crippen LogP contribution in [0.25, 0.3) is 0 Å². The minimum absolute atomic E-state index is 0.255. The average molecular weight is 265 g/mol. The van der Waals surface area contributed by atoms with E-state index in [1.165, 1.54) is 19.0 Å². The van der Waals surface area contributed by atoms with Gasteiger partial charge in [0.05, 0.1) is 6.20 Å². The summed E-state index contributed by atoms with van der Waals surface area (Å²) in [5, 5.41) is 3.26. The van der Waals surface area contributed by atoms with Gasteiger partial charge in [-0.2, -0.15) is 0 Å². The molecule has 4 heteroatoms. The van der Waals surface area contributed by atoms with Crippen molar-refractivity contribution in [3.8, 4) is 0 Å². The Morgan fingerprint density at radius 3 is 3.00 bits per heavy atom. The van der Waals surface area contributed by atoms with Crippen LogP contribution in [-0.4, -0.2) is 24.1 Å². The van der Waals surface area contributed by atoms with E-state index < -0.39 is 0 Å². The summed E-state index contributed by atoms with van der Waals surface area (Å²) >= 11 is 0. The molecule has 1 aliphatic rings. The number of hydrogen-bond acceptors (Lipinski definition) is 3. The van der Waals surface area contributed by atoms with Crippen molar-refractivity contribution in [1.29, 1.82) is 0 Å². The standard InChI is InChI=1S/C15H24FN3/c1-4-17-9-13-8-14(16)10-18-15(13)19-7-5-6-11(2)12(19)3/h8,10-12,17H,4-7,9H2,1-3H3. The topological polar surface area (TPSA) is 28.2 Å². The molecule has 3 nitrogen and oxygen atoms in total. The number of aromatic nitrogens is 1. The molecule has 0 aliphatic carbocycles. The van der Waals surface area contributed by atoms with Gasteiger partial charge in [-0.1, -0.05) is 13.8 Å². The first kappa shape index (κ1) is 14.3. The largest absolute Gasteiger partial charge is 0.353 e. The lowest BCUT2D eigenvalue weighted by Crippen LogP contribution is -2.43. The maximum Gasteiger partial charge on any atom is 0.141 e.